The number of halogens is 1. The number of hydrogen-bond acceptors (Lipinski definition) is 3. The largest absolute Gasteiger partial charge is 0.489 e. The lowest BCUT2D eigenvalue weighted by Crippen LogP contribution is -2.42. The van der Waals surface area contributed by atoms with E-state index < -0.39 is 5.60 Å². The SMILES string of the molecule is CCNCC(C)(O)COc1ccc(C)cc1Br. The van der Waals surface area contributed by atoms with Crippen molar-refractivity contribution in [2.45, 2.75) is 26.4 Å². The molecular formula is C13H20BrNO2. The lowest BCUT2D eigenvalue weighted by atomic mass is 10.1. The molecule has 0 saturated heterocycles. The van der Waals surface area contributed by atoms with Crippen molar-refractivity contribution in [2.75, 3.05) is 19.7 Å². The number of rotatable bonds is 6. The quantitative estimate of drug-likeness (QED) is 0.848. The van der Waals surface area contributed by atoms with Gasteiger partial charge in [-0.1, -0.05) is 13.0 Å². The smallest absolute Gasteiger partial charge is 0.133 e. The molecule has 0 spiro atoms. The Hall–Kier alpha value is -0.580. The van der Waals surface area contributed by atoms with Crippen molar-refractivity contribution < 1.29 is 9.84 Å². The first kappa shape index (κ1) is 14.5. The van der Waals surface area contributed by atoms with E-state index in [2.05, 4.69) is 21.2 Å². The van der Waals surface area contributed by atoms with Crippen LogP contribution < -0.4 is 10.1 Å². The summed E-state index contributed by atoms with van der Waals surface area (Å²) in [6.45, 7) is 7.42. The minimum Gasteiger partial charge on any atom is -0.489 e. The molecule has 0 aliphatic rings. The van der Waals surface area contributed by atoms with Crippen molar-refractivity contribution in [2.24, 2.45) is 0 Å². The summed E-state index contributed by atoms with van der Waals surface area (Å²) in [4.78, 5) is 0. The molecule has 0 amide bonds. The first-order valence-electron chi connectivity index (χ1n) is 5.76. The summed E-state index contributed by atoms with van der Waals surface area (Å²) in [5.74, 6) is 0.757. The Morgan fingerprint density at radius 1 is 1.47 bits per heavy atom. The molecule has 96 valence electrons. The van der Waals surface area contributed by atoms with E-state index in [1.54, 1.807) is 6.92 Å². The number of likely N-dealkylation sites (N-methyl/N-ethyl adjacent to an activating group) is 1. The summed E-state index contributed by atoms with van der Waals surface area (Å²) in [7, 11) is 0. The van der Waals surface area contributed by atoms with E-state index in [0.29, 0.717) is 6.54 Å². The van der Waals surface area contributed by atoms with Gasteiger partial charge < -0.3 is 15.2 Å². The molecule has 3 nitrogen and oxygen atoms in total. The Labute approximate surface area is 111 Å². The molecule has 0 saturated carbocycles. The average Bonchev–Trinajstić information content (AvgIpc) is 2.25. The standard InChI is InChI=1S/C13H20BrNO2/c1-4-15-8-13(3,16)9-17-12-6-5-10(2)7-11(12)14/h5-7,15-16H,4,8-9H2,1-3H3. The Morgan fingerprint density at radius 3 is 2.76 bits per heavy atom. The molecule has 0 aliphatic heterocycles. The topological polar surface area (TPSA) is 41.5 Å². The lowest BCUT2D eigenvalue weighted by molar-refractivity contribution is 0.0125. The summed E-state index contributed by atoms with van der Waals surface area (Å²) >= 11 is 3.45. The van der Waals surface area contributed by atoms with Gasteiger partial charge in [0.2, 0.25) is 0 Å². The highest BCUT2D eigenvalue weighted by Crippen LogP contribution is 2.26. The zero-order chi connectivity index (χ0) is 12.9. The molecule has 2 N–H and O–H groups in total. The second-order valence-electron chi connectivity index (χ2n) is 4.50. The lowest BCUT2D eigenvalue weighted by Gasteiger charge is -2.24. The van der Waals surface area contributed by atoms with Gasteiger partial charge in [0, 0.05) is 6.54 Å². The third-order valence-corrected chi connectivity index (χ3v) is 3.00. The molecule has 0 radical (unpaired) electrons. The highest BCUT2D eigenvalue weighted by molar-refractivity contribution is 9.10. The molecule has 1 rings (SSSR count). The summed E-state index contributed by atoms with van der Waals surface area (Å²) < 4.78 is 6.53. The third-order valence-electron chi connectivity index (χ3n) is 2.38. The van der Waals surface area contributed by atoms with E-state index in [1.807, 2.05) is 32.0 Å². The molecule has 1 atom stereocenters. The van der Waals surface area contributed by atoms with Crippen LogP contribution >= 0.6 is 15.9 Å². The molecule has 1 aromatic carbocycles. The van der Waals surface area contributed by atoms with Crippen LogP contribution in [0, 0.1) is 6.92 Å². The fourth-order valence-corrected chi connectivity index (χ4v) is 2.01. The van der Waals surface area contributed by atoms with Gasteiger partial charge in [-0.2, -0.15) is 0 Å². The van der Waals surface area contributed by atoms with Crippen molar-refractivity contribution >= 4 is 15.9 Å². The maximum Gasteiger partial charge on any atom is 0.133 e. The molecular weight excluding hydrogens is 282 g/mol. The first-order chi connectivity index (χ1) is 7.94. The van der Waals surface area contributed by atoms with Gasteiger partial charge in [0.25, 0.3) is 0 Å². The van der Waals surface area contributed by atoms with Crippen LogP contribution in [0.15, 0.2) is 22.7 Å². The predicted octanol–water partition coefficient (Wildman–Crippen LogP) is 2.50. The second kappa shape index (κ2) is 6.38. The second-order valence-corrected chi connectivity index (χ2v) is 5.35. The van der Waals surface area contributed by atoms with Crippen LogP contribution in [-0.2, 0) is 0 Å². The molecule has 1 unspecified atom stereocenters. The van der Waals surface area contributed by atoms with Crippen molar-refractivity contribution in [3.8, 4) is 5.75 Å². The predicted molar refractivity (Wildman–Crippen MR) is 73.5 cm³/mol. The number of aliphatic hydroxyl groups is 1. The van der Waals surface area contributed by atoms with E-state index >= 15 is 0 Å². The number of nitrogens with one attached hydrogen (secondary N) is 1. The van der Waals surface area contributed by atoms with Gasteiger partial charge in [-0.15, -0.1) is 0 Å². The van der Waals surface area contributed by atoms with Crippen LogP contribution in [0.25, 0.3) is 0 Å². The molecule has 0 aromatic heterocycles. The van der Waals surface area contributed by atoms with Crippen molar-refractivity contribution in [1.29, 1.82) is 0 Å². The molecule has 17 heavy (non-hydrogen) atoms. The minimum absolute atomic E-state index is 0.266. The molecule has 0 fully saturated rings. The molecule has 0 bridgehead atoms. The average molecular weight is 302 g/mol. The van der Waals surface area contributed by atoms with Gasteiger partial charge in [0.05, 0.1) is 4.47 Å². The van der Waals surface area contributed by atoms with Crippen LogP contribution in [0.3, 0.4) is 0 Å². The Morgan fingerprint density at radius 2 is 2.18 bits per heavy atom. The number of benzene rings is 1. The molecule has 1 aromatic rings. The van der Waals surface area contributed by atoms with Crippen LogP contribution in [0.5, 0.6) is 5.75 Å². The van der Waals surface area contributed by atoms with Gasteiger partial charge in [0.1, 0.15) is 18.0 Å². The van der Waals surface area contributed by atoms with Crippen molar-refractivity contribution in [1.82, 2.24) is 5.32 Å². The summed E-state index contributed by atoms with van der Waals surface area (Å²) in [5.41, 5.74) is 0.309. The molecule has 4 heteroatoms. The number of aryl methyl sites for hydroxylation is 1. The Balaban J connectivity index is 2.54. The van der Waals surface area contributed by atoms with Crippen LogP contribution in [-0.4, -0.2) is 30.4 Å². The van der Waals surface area contributed by atoms with Crippen LogP contribution in [0.1, 0.15) is 19.4 Å². The summed E-state index contributed by atoms with van der Waals surface area (Å²) in [5, 5.41) is 13.2. The normalized spacial score (nSPS) is 14.4. The third kappa shape index (κ3) is 5.06. The molecule has 0 aliphatic carbocycles. The monoisotopic (exact) mass is 301 g/mol. The summed E-state index contributed by atoms with van der Waals surface area (Å²) in [6, 6.07) is 5.89. The van der Waals surface area contributed by atoms with Gasteiger partial charge in [-0.25, -0.2) is 0 Å². The zero-order valence-electron chi connectivity index (χ0n) is 10.6. The maximum atomic E-state index is 10.0. The van der Waals surface area contributed by atoms with Crippen LogP contribution in [0.4, 0.5) is 0 Å². The maximum absolute atomic E-state index is 10.0. The van der Waals surface area contributed by atoms with E-state index in [-0.39, 0.29) is 6.61 Å². The Kier molecular flexibility index (Phi) is 5.43. The fourth-order valence-electron chi connectivity index (χ4n) is 1.40. The van der Waals surface area contributed by atoms with E-state index in [0.717, 1.165) is 16.8 Å². The van der Waals surface area contributed by atoms with Gasteiger partial charge in [0.15, 0.2) is 0 Å². The van der Waals surface area contributed by atoms with Crippen molar-refractivity contribution in [3.05, 3.63) is 28.2 Å². The Bertz CT molecular complexity index is 366. The minimum atomic E-state index is -0.861. The van der Waals surface area contributed by atoms with Gasteiger partial charge >= 0.3 is 0 Å². The van der Waals surface area contributed by atoms with E-state index in [9.17, 15) is 5.11 Å². The van der Waals surface area contributed by atoms with Crippen molar-refractivity contribution in [3.63, 3.8) is 0 Å². The molecule has 0 heterocycles. The highest BCUT2D eigenvalue weighted by Gasteiger charge is 2.21. The zero-order valence-corrected chi connectivity index (χ0v) is 12.2. The fraction of sp³-hybridized carbons (Fsp3) is 0.538. The van der Waals surface area contributed by atoms with Crippen LogP contribution in [0.2, 0.25) is 0 Å². The van der Waals surface area contributed by atoms with E-state index in [4.69, 9.17) is 4.74 Å². The number of ether oxygens (including phenoxy) is 1. The van der Waals surface area contributed by atoms with E-state index in [1.165, 1.54) is 5.56 Å². The highest BCUT2D eigenvalue weighted by atomic mass is 79.9. The first-order valence-corrected chi connectivity index (χ1v) is 6.56. The summed E-state index contributed by atoms with van der Waals surface area (Å²) in [6.07, 6.45) is 0. The number of hydrogen-bond donors (Lipinski definition) is 2. The van der Waals surface area contributed by atoms with Gasteiger partial charge in [-0.3, -0.25) is 0 Å². The van der Waals surface area contributed by atoms with Gasteiger partial charge in [-0.05, 0) is 54.0 Å².